The summed E-state index contributed by atoms with van der Waals surface area (Å²) in [5.41, 5.74) is 4.70. The third-order valence-corrected chi connectivity index (χ3v) is 6.14. The fourth-order valence-electron chi connectivity index (χ4n) is 4.32. The fraction of sp³-hybridized carbons (Fsp3) is 0.296. The molecule has 0 radical (unpaired) electrons. The molecule has 1 N–H and O–H groups in total. The van der Waals surface area contributed by atoms with Crippen LogP contribution in [0.2, 0.25) is 0 Å². The summed E-state index contributed by atoms with van der Waals surface area (Å²) in [6.45, 7) is 5.22. The van der Waals surface area contributed by atoms with E-state index in [1.165, 1.54) is 10.1 Å². The first-order valence-electron chi connectivity index (χ1n) is 11.6. The van der Waals surface area contributed by atoms with Crippen molar-refractivity contribution in [2.24, 2.45) is 0 Å². The molecule has 0 aliphatic rings. The van der Waals surface area contributed by atoms with Crippen LogP contribution in [-0.2, 0) is 24.2 Å². The molecule has 7 nitrogen and oxygen atoms in total. The van der Waals surface area contributed by atoms with Gasteiger partial charge in [-0.05, 0) is 44.4 Å². The second-order valence-electron chi connectivity index (χ2n) is 8.20. The Bertz CT molecular complexity index is 1360. The molecular formula is C27H30N4O3. The highest BCUT2D eigenvalue weighted by atomic mass is 16.5. The van der Waals surface area contributed by atoms with Crippen molar-refractivity contribution in [1.82, 2.24) is 19.5 Å². The third-order valence-electron chi connectivity index (χ3n) is 6.14. The van der Waals surface area contributed by atoms with Gasteiger partial charge in [0.25, 0.3) is 5.56 Å². The number of benzene rings is 2. The van der Waals surface area contributed by atoms with Gasteiger partial charge < -0.3 is 14.6 Å². The summed E-state index contributed by atoms with van der Waals surface area (Å²) >= 11 is 0. The monoisotopic (exact) mass is 458 g/mol. The molecule has 0 atom stereocenters. The van der Waals surface area contributed by atoms with Crippen molar-refractivity contribution in [1.29, 1.82) is 0 Å². The summed E-state index contributed by atoms with van der Waals surface area (Å²) in [6, 6.07) is 19.6. The number of hydrogen-bond acceptors (Lipinski definition) is 4. The molecule has 7 heteroatoms. The molecule has 2 aromatic carbocycles. The zero-order valence-corrected chi connectivity index (χ0v) is 19.9. The summed E-state index contributed by atoms with van der Waals surface area (Å²) in [6.07, 6.45) is 1.39. The topological polar surface area (TPSA) is 77.6 Å². The second-order valence-corrected chi connectivity index (χ2v) is 8.20. The average Bonchev–Trinajstić information content (AvgIpc) is 3.30. The first kappa shape index (κ1) is 23.3. The Hall–Kier alpha value is -3.87. The number of carbonyl (C=O) groups excluding carboxylic acids is 1. The van der Waals surface area contributed by atoms with Gasteiger partial charge in [-0.25, -0.2) is 0 Å². The molecule has 4 aromatic rings. The van der Waals surface area contributed by atoms with Crippen molar-refractivity contribution in [2.75, 3.05) is 13.7 Å². The van der Waals surface area contributed by atoms with Crippen LogP contribution in [0.5, 0.6) is 5.75 Å². The summed E-state index contributed by atoms with van der Waals surface area (Å²) in [5.74, 6) is 0.638. The van der Waals surface area contributed by atoms with Gasteiger partial charge in [-0.1, -0.05) is 42.5 Å². The lowest BCUT2D eigenvalue weighted by Crippen LogP contribution is -2.29. The largest absolute Gasteiger partial charge is 0.496 e. The van der Waals surface area contributed by atoms with Crippen LogP contribution in [0.1, 0.15) is 30.2 Å². The molecule has 2 aromatic heterocycles. The number of fused-ring (bicyclic) bond motifs is 1. The summed E-state index contributed by atoms with van der Waals surface area (Å²) in [5, 5.41) is 7.57. The Labute approximate surface area is 199 Å². The molecule has 0 bridgehead atoms. The maximum Gasteiger partial charge on any atom is 0.277 e. The number of hydrogen-bond donors (Lipinski definition) is 1. The van der Waals surface area contributed by atoms with E-state index in [-0.39, 0.29) is 17.9 Å². The van der Waals surface area contributed by atoms with Crippen LogP contribution in [0.15, 0.2) is 65.5 Å². The highest BCUT2D eigenvalue weighted by Crippen LogP contribution is 2.29. The van der Waals surface area contributed by atoms with E-state index < -0.39 is 0 Å². The molecule has 0 aliphatic carbocycles. The van der Waals surface area contributed by atoms with Gasteiger partial charge in [-0.2, -0.15) is 9.61 Å². The maximum absolute atomic E-state index is 13.4. The number of nitrogens with zero attached hydrogens (tertiary/aromatic N) is 3. The lowest BCUT2D eigenvalue weighted by molar-refractivity contribution is -0.121. The van der Waals surface area contributed by atoms with Crippen molar-refractivity contribution in [3.63, 3.8) is 0 Å². The number of ether oxygens (including phenoxy) is 1. The first-order chi connectivity index (χ1) is 16.5. The predicted molar refractivity (Wildman–Crippen MR) is 133 cm³/mol. The summed E-state index contributed by atoms with van der Waals surface area (Å²) in [4.78, 5) is 25.8. The molecule has 4 rings (SSSR count). The van der Waals surface area contributed by atoms with E-state index in [1.807, 2.05) is 74.5 Å². The molecule has 0 saturated carbocycles. The van der Waals surface area contributed by atoms with E-state index >= 15 is 0 Å². The fourth-order valence-corrected chi connectivity index (χ4v) is 4.32. The quantitative estimate of drug-likeness (QED) is 0.414. The molecule has 2 heterocycles. The number of amides is 1. The first-order valence-corrected chi connectivity index (χ1v) is 11.6. The van der Waals surface area contributed by atoms with Gasteiger partial charge in [0.2, 0.25) is 5.91 Å². The third kappa shape index (κ3) is 4.73. The van der Waals surface area contributed by atoms with Crippen LogP contribution in [0.3, 0.4) is 0 Å². The zero-order valence-electron chi connectivity index (χ0n) is 19.9. The molecule has 1 amide bonds. The Morgan fingerprint density at radius 3 is 2.53 bits per heavy atom. The van der Waals surface area contributed by atoms with E-state index in [1.54, 1.807) is 7.11 Å². The minimum Gasteiger partial charge on any atom is -0.496 e. The molecular weight excluding hydrogens is 428 g/mol. The molecule has 0 spiro atoms. The number of para-hydroxylation sites is 1. The van der Waals surface area contributed by atoms with Crippen LogP contribution in [0.4, 0.5) is 0 Å². The number of nitrogens with one attached hydrogen (secondary N) is 1. The standard InChI is InChI=1S/C27H30N4O3/c1-4-30-19(2)21(14-15-25(32)28-17-16-20-10-6-5-7-11-20)27(33)31-26(30)18-23(29-31)22-12-8-9-13-24(22)34-3/h5-13,18H,4,14-17H2,1-3H3,(H,28,32). The van der Waals surface area contributed by atoms with Crippen LogP contribution < -0.4 is 15.6 Å². The van der Waals surface area contributed by atoms with Gasteiger partial charge in [-0.15, -0.1) is 0 Å². The number of rotatable bonds is 9. The van der Waals surface area contributed by atoms with Crippen molar-refractivity contribution >= 4 is 11.6 Å². The summed E-state index contributed by atoms with van der Waals surface area (Å²) in [7, 11) is 1.62. The van der Waals surface area contributed by atoms with Gasteiger partial charge in [0.05, 0.1) is 12.8 Å². The Kier molecular flexibility index (Phi) is 7.11. The van der Waals surface area contributed by atoms with Crippen LogP contribution in [-0.4, -0.2) is 33.7 Å². The SMILES string of the molecule is CCn1c(C)c(CCC(=O)NCCc2ccccc2)c(=O)n2nc(-c3ccccc3OC)cc12. The van der Waals surface area contributed by atoms with Crippen LogP contribution >= 0.6 is 0 Å². The Morgan fingerprint density at radius 2 is 1.79 bits per heavy atom. The van der Waals surface area contributed by atoms with E-state index in [2.05, 4.69) is 15.0 Å². The Balaban J connectivity index is 1.56. The molecule has 0 saturated heterocycles. The van der Waals surface area contributed by atoms with E-state index in [4.69, 9.17) is 4.74 Å². The van der Waals surface area contributed by atoms with Crippen molar-refractivity contribution < 1.29 is 9.53 Å². The zero-order chi connectivity index (χ0) is 24.1. The normalized spacial score (nSPS) is 11.0. The molecule has 176 valence electrons. The lowest BCUT2D eigenvalue weighted by Gasteiger charge is -2.14. The van der Waals surface area contributed by atoms with Crippen molar-refractivity contribution in [3.8, 4) is 17.0 Å². The minimum absolute atomic E-state index is 0.0620. The van der Waals surface area contributed by atoms with Gasteiger partial charge >= 0.3 is 0 Å². The van der Waals surface area contributed by atoms with Crippen molar-refractivity contribution in [3.05, 3.63) is 87.8 Å². The average molecular weight is 459 g/mol. The van der Waals surface area contributed by atoms with Gasteiger partial charge in [0, 0.05) is 42.4 Å². The van der Waals surface area contributed by atoms with Crippen LogP contribution in [0, 0.1) is 6.92 Å². The molecule has 0 aliphatic heterocycles. The number of aryl methyl sites for hydroxylation is 1. The molecule has 34 heavy (non-hydrogen) atoms. The minimum atomic E-state index is -0.185. The second kappa shape index (κ2) is 10.4. The lowest BCUT2D eigenvalue weighted by atomic mass is 10.1. The summed E-state index contributed by atoms with van der Waals surface area (Å²) < 4.78 is 8.99. The van der Waals surface area contributed by atoms with E-state index in [0.717, 1.165) is 23.3 Å². The van der Waals surface area contributed by atoms with Gasteiger partial charge in [0.1, 0.15) is 11.4 Å². The van der Waals surface area contributed by atoms with Crippen molar-refractivity contribution in [2.45, 2.75) is 39.7 Å². The highest BCUT2D eigenvalue weighted by molar-refractivity contribution is 5.76. The van der Waals surface area contributed by atoms with Gasteiger partial charge in [0.15, 0.2) is 0 Å². The molecule has 0 fully saturated rings. The van der Waals surface area contributed by atoms with Crippen LogP contribution in [0.25, 0.3) is 16.9 Å². The smallest absolute Gasteiger partial charge is 0.277 e. The Morgan fingerprint density at radius 1 is 1.06 bits per heavy atom. The predicted octanol–water partition coefficient (Wildman–Crippen LogP) is 3.79. The maximum atomic E-state index is 13.4. The number of methoxy groups -OCH3 is 1. The van der Waals surface area contributed by atoms with E-state index in [9.17, 15) is 9.59 Å². The highest BCUT2D eigenvalue weighted by Gasteiger charge is 2.18. The van der Waals surface area contributed by atoms with Gasteiger partial charge in [-0.3, -0.25) is 9.59 Å². The van der Waals surface area contributed by atoms with E-state index in [0.29, 0.717) is 36.5 Å². The number of carbonyl (C=O) groups is 1. The molecule has 0 unspecified atom stereocenters. The number of aromatic nitrogens is 3.